The molecule has 1 N–H and O–H groups in total. The summed E-state index contributed by atoms with van der Waals surface area (Å²) < 4.78 is 5.51. The lowest BCUT2D eigenvalue weighted by Gasteiger charge is -2.35. The van der Waals surface area contributed by atoms with Gasteiger partial charge in [-0.15, -0.1) is 0 Å². The van der Waals surface area contributed by atoms with E-state index in [1.54, 1.807) is 13.2 Å². The number of hydrogen-bond acceptors (Lipinski definition) is 6. The third-order valence-corrected chi connectivity index (χ3v) is 6.88. The fourth-order valence-corrected chi connectivity index (χ4v) is 4.83. The summed E-state index contributed by atoms with van der Waals surface area (Å²) in [6.07, 6.45) is 0. The SMILES string of the molecule is COc1ccccc1CNc1nc(N2CCN(Cc3ccc(Cl)cc3Cl)CC2)nc2ccccc12. The second-order valence-corrected chi connectivity index (χ2v) is 9.40. The summed E-state index contributed by atoms with van der Waals surface area (Å²) in [5.74, 6) is 2.43. The van der Waals surface area contributed by atoms with Gasteiger partial charge in [0.25, 0.3) is 0 Å². The maximum Gasteiger partial charge on any atom is 0.227 e. The number of methoxy groups -OCH3 is 1. The van der Waals surface area contributed by atoms with Crippen molar-refractivity contribution >= 4 is 45.9 Å². The highest BCUT2D eigenvalue weighted by Crippen LogP contribution is 2.27. The smallest absolute Gasteiger partial charge is 0.227 e. The van der Waals surface area contributed by atoms with E-state index in [0.29, 0.717) is 16.6 Å². The molecule has 0 saturated carbocycles. The van der Waals surface area contributed by atoms with Gasteiger partial charge < -0.3 is 15.0 Å². The van der Waals surface area contributed by atoms with Gasteiger partial charge in [-0.25, -0.2) is 4.98 Å². The molecule has 1 aliphatic rings. The molecule has 180 valence electrons. The van der Waals surface area contributed by atoms with Gasteiger partial charge in [-0.2, -0.15) is 4.98 Å². The minimum absolute atomic E-state index is 0.611. The fourth-order valence-electron chi connectivity index (χ4n) is 4.37. The Morgan fingerprint density at radius 2 is 1.66 bits per heavy atom. The van der Waals surface area contributed by atoms with Crippen LogP contribution in [0.15, 0.2) is 66.7 Å². The zero-order valence-electron chi connectivity index (χ0n) is 19.5. The number of aromatic nitrogens is 2. The minimum Gasteiger partial charge on any atom is -0.496 e. The van der Waals surface area contributed by atoms with Crippen LogP contribution in [0.25, 0.3) is 10.9 Å². The predicted octanol–water partition coefficient (Wildman–Crippen LogP) is 5.88. The van der Waals surface area contributed by atoms with Crippen molar-refractivity contribution in [2.45, 2.75) is 13.1 Å². The monoisotopic (exact) mass is 507 g/mol. The van der Waals surface area contributed by atoms with E-state index in [0.717, 1.165) is 72.3 Å². The van der Waals surface area contributed by atoms with E-state index in [1.165, 1.54) is 0 Å². The average molecular weight is 508 g/mol. The predicted molar refractivity (Wildman–Crippen MR) is 144 cm³/mol. The number of para-hydroxylation sites is 2. The van der Waals surface area contributed by atoms with Crippen LogP contribution in [0.3, 0.4) is 0 Å². The number of nitrogens with one attached hydrogen (secondary N) is 1. The van der Waals surface area contributed by atoms with Crippen LogP contribution >= 0.6 is 23.2 Å². The van der Waals surface area contributed by atoms with Crippen LogP contribution in [0.1, 0.15) is 11.1 Å². The molecule has 0 atom stereocenters. The van der Waals surface area contributed by atoms with E-state index in [2.05, 4.69) is 27.2 Å². The molecule has 3 aromatic carbocycles. The van der Waals surface area contributed by atoms with Crippen molar-refractivity contribution in [1.29, 1.82) is 0 Å². The van der Waals surface area contributed by atoms with Crippen molar-refractivity contribution in [2.24, 2.45) is 0 Å². The minimum atomic E-state index is 0.611. The lowest BCUT2D eigenvalue weighted by molar-refractivity contribution is 0.249. The van der Waals surface area contributed by atoms with Crippen LogP contribution in [-0.4, -0.2) is 48.2 Å². The second kappa shape index (κ2) is 10.7. The van der Waals surface area contributed by atoms with Crippen LogP contribution < -0.4 is 15.0 Å². The van der Waals surface area contributed by atoms with Crippen LogP contribution in [0.5, 0.6) is 5.75 Å². The molecule has 1 aliphatic heterocycles. The Labute approximate surface area is 215 Å². The number of benzene rings is 3. The summed E-state index contributed by atoms with van der Waals surface area (Å²) in [5, 5.41) is 5.89. The molecule has 0 radical (unpaired) electrons. The quantitative estimate of drug-likeness (QED) is 0.337. The van der Waals surface area contributed by atoms with Gasteiger partial charge in [-0.1, -0.05) is 59.6 Å². The average Bonchev–Trinajstić information content (AvgIpc) is 2.89. The van der Waals surface area contributed by atoms with Gasteiger partial charge >= 0.3 is 0 Å². The molecule has 2 heterocycles. The second-order valence-electron chi connectivity index (χ2n) is 8.55. The Balaban J connectivity index is 1.31. The molecular formula is C27H27Cl2N5O. The van der Waals surface area contributed by atoms with Crippen LogP contribution in [-0.2, 0) is 13.1 Å². The van der Waals surface area contributed by atoms with E-state index >= 15 is 0 Å². The maximum atomic E-state index is 6.38. The highest BCUT2D eigenvalue weighted by molar-refractivity contribution is 6.35. The van der Waals surface area contributed by atoms with E-state index in [9.17, 15) is 0 Å². The van der Waals surface area contributed by atoms with Gasteiger partial charge in [0.2, 0.25) is 5.95 Å². The number of anilines is 2. The number of rotatable bonds is 7. The molecule has 4 aromatic rings. The number of piperazine rings is 1. The molecular weight excluding hydrogens is 481 g/mol. The molecule has 35 heavy (non-hydrogen) atoms. The molecule has 1 saturated heterocycles. The van der Waals surface area contributed by atoms with Gasteiger partial charge in [-0.05, 0) is 35.9 Å². The van der Waals surface area contributed by atoms with Crippen molar-refractivity contribution in [3.8, 4) is 5.75 Å². The lowest BCUT2D eigenvalue weighted by atomic mass is 10.2. The summed E-state index contributed by atoms with van der Waals surface area (Å²) in [7, 11) is 1.69. The Kier molecular flexibility index (Phi) is 7.23. The molecule has 0 amide bonds. The number of hydrogen-bond donors (Lipinski definition) is 1. The van der Waals surface area contributed by atoms with Gasteiger partial charge in [0.15, 0.2) is 0 Å². The van der Waals surface area contributed by atoms with E-state index < -0.39 is 0 Å². The van der Waals surface area contributed by atoms with E-state index in [1.807, 2.05) is 48.5 Å². The Bertz CT molecular complexity index is 1320. The van der Waals surface area contributed by atoms with Crippen molar-refractivity contribution in [2.75, 3.05) is 43.5 Å². The number of ether oxygens (including phenoxy) is 1. The third kappa shape index (κ3) is 5.45. The summed E-state index contributed by atoms with van der Waals surface area (Å²) >= 11 is 12.4. The molecule has 0 bridgehead atoms. The fraction of sp³-hybridized carbons (Fsp3) is 0.259. The van der Waals surface area contributed by atoms with Gasteiger partial charge in [0, 0.05) is 60.3 Å². The number of fused-ring (bicyclic) bond motifs is 1. The van der Waals surface area contributed by atoms with Crippen molar-refractivity contribution in [3.05, 3.63) is 87.9 Å². The Hall–Kier alpha value is -3.06. The molecule has 0 unspecified atom stereocenters. The molecule has 1 aromatic heterocycles. The largest absolute Gasteiger partial charge is 0.496 e. The van der Waals surface area contributed by atoms with E-state index in [-0.39, 0.29) is 0 Å². The molecule has 0 spiro atoms. The van der Waals surface area contributed by atoms with Crippen molar-refractivity contribution < 1.29 is 4.74 Å². The van der Waals surface area contributed by atoms with Crippen LogP contribution in [0, 0.1) is 0 Å². The first kappa shape index (κ1) is 23.7. The maximum absolute atomic E-state index is 6.38. The lowest BCUT2D eigenvalue weighted by Crippen LogP contribution is -2.46. The van der Waals surface area contributed by atoms with Crippen LogP contribution in [0.4, 0.5) is 11.8 Å². The summed E-state index contributed by atoms with van der Waals surface area (Å²) in [4.78, 5) is 14.5. The molecule has 5 rings (SSSR count). The first-order valence-electron chi connectivity index (χ1n) is 11.6. The summed E-state index contributed by atoms with van der Waals surface area (Å²) in [6, 6.07) is 21.8. The number of nitrogens with zero attached hydrogens (tertiary/aromatic N) is 4. The first-order valence-corrected chi connectivity index (χ1v) is 12.4. The highest BCUT2D eigenvalue weighted by Gasteiger charge is 2.21. The highest BCUT2D eigenvalue weighted by atomic mass is 35.5. The van der Waals surface area contributed by atoms with Gasteiger partial charge in [0.1, 0.15) is 11.6 Å². The topological polar surface area (TPSA) is 53.5 Å². The van der Waals surface area contributed by atoms with Gasteiger partial charge in [-0.3, -0.25) is 4.90 Å². The number of halogens is 2. The molecule has 6 nitrogen and oxygen atoms in total. The standard InChI is InChI=1S/C27H27Cl2N5O/c1-35-25-9-5-2-6-19(25)17-30-26-22-7-3-4-8-24(22)31-27(32-26)34-14-12-33(13-15-34)18-20-10-11-21(28)16-23(20)29/h2-11,16H,12-15,17-18H2,1H3,(H,30,31,32). The van der Waals surface area contributed by atoms with Crippen molar-refractivity contribution in [3.63, 3.8) is 0 Å². The van der Waals surface area contributed by atoms with Crippen LogP contribution in [0.2, 0.25) is 10.0 Å². The molecule has 8 heteroatoms. The zero-order chi connectivity index (χ0) is 24.2. The summed E-state index contributed by atoms with van der Waals surface area (Å²) in [6.45, 7) is 4.90. The van der Waals surface area contributed by atoms with E-state index in [4.69, 9.17) is 37.9 Å². The normalized spacial score (nSPS) is 14.3. The Morgan fingerprint density at radius 1 is 0.886 bits per heavy atom. The summed E-state index contributed by atoms with van der Waals surface area (Å²) in [5.41, 5.74) is 3.10. The third-order valence-electron chi connectivity index (χ3n) is 6.29. The van der Waals surface area contributed by atoms with Gasteiger partial charge in [0.05, 0.1) is 12.6 Å². The Morgan fingerprint density at radius 3 is 2.46 bits per heavy atom. The first-order chi connectivity index (χ1) is 17.1. The molecule has 0 aliphatic carbocycles. The van der Waals surface area contributed by atoms with Crippen molar-refractivity contribution in [1.82, 2.24) is 14.9 Å². The zero-order valence-corrected chi connectivity index (χ0v) is 21.1. The molecule has 1 fully saturated rings.